The molecule has 5 heteroatoms. The van der Waals surface area contributed by atoms with E-state index in [0.29, 0.717) is 23.8 Å². The normalized spacial score (nSPS) is 20.5. The van der Waals surface area contributed by atoms with E-state index in [1.54, 1.807) is 6.92 Å². The van der Waals surface area contributed by atoms with Crippen molar-refractivity contribution in [1.82, 2.24) is 4.90 Å². The summed E-state index contributed by atoms with van der Waals surface area (Å²) in [4.78, 5) is 25.6. The molecule has 0 aliphatic carbocycles. The number of esters is 1. The Bertz CT molecular complexity index is 903. The highest BCUT2D eigenvalue weighted by Gasteiger charge is 2.31. The molecule has 0 aromatic heterocycles. The maximum absolute atomic E-state index is 12.1. The summed E-state index contributed by atoms with van der Waals surface area (Å²) < 4.78 is 5.20. The highest BCUT2D eigenvalue weighted by atomic mass is 16.6. The molecule has 0 aromatic carbocycles. The van der Waals surface area contributed by atoms with Crippen LogP contribution in [-0.2, 0) is 14.3 Å². The molecule has 0 saturated carbocycles. The number of hydrogen-bond acceptors (Lipinski definition) is 4. The van der Waals surface area contributed by atoms with Crippen molar-refractivity contribution in [2.45, 2.75) is 92.6 Å². The van der Waals surface area contributed by atoms with Gasteiger partial charge in [-0.15, -0.1) is 0 Å². The van der Waals surface area contributed by atoms with Gasteiger partial charge in [0.25, 0.3) is 0 Å². The van der Waals surface area contributed by atoms with Crippen LogP contribution in [0.15, 0.2) is 58.4 Å². The number of carbonyl (C=O) groups excluding carboxylic acids is 2. The largest absolute Gasteiger partial charge is 0.508 e. The number of hydrogen-bond donors (Lipinski definition) is 1. The average molecular weight is 484 g/mol. The molecular formula is C30H45NO4. The van der Waals surface area contributed by atoms with Crippen LogP contribution in [-0.4, -0.2) is 41.1 Å². The van der Waals surface area contributed by atoms with E-state index in [1.807, 2.05) is 17.9 Å². The van der Waals surface area contributed by atoms with E-state index >= 15 is 0 Å². The second-order valence-electron chi connectivity index (χ2n) is 10.7. The number of aliphatic hydroxyl groups is 1. The van der Waals surface area contributed by atoms with Gasteiger partial charge in [-0.05, 0) is 76.7 Å². The van der Waals surface area contributed by atoms with Gasteiger partial charge in [-0.1, -0.05) is 56.2 Å². The second kappa shape index (κ2) is 14.1. The average Bonchev–Trinajstić information content (AvgIpc) is 3.25. The van der Waals surface area contributed by atoms with Crippen molar-refractivity contribution in [1.29, 1.82) is 0 Å². The lowest BCUT2D eigenvalue weighted by molar-refractivity contribution is -0.140. The van der Waals surface area contributed by atoms with Crippen LogP contribution >= 0.6 is 0 Å². The summed E-state index contributed by atoms with van der Waals surface area (Å²) in [6.07, 6.45) is 16.8. The molecule has 0 saturated heterocycles. The third-order valence-corrected chi connectivity index (χ3v) is 6.77. The maximum atomic E-state index is 12.1. The third kappa shape index (κ3) is 9.91. The first kappa shape index (κ1) is 28.7. The molecule has 194 valence electrons. The number of carbonyl (C=O) groups is 2. The van der Waals surface area contributed by atoms with E-state index in [0.717, 1.165) is 57.2 Å². The molecule has 0 bridgehead atoms. The predicted octanol–water partition coefficient (Wildman–Crippen LogP) is 6.98. The van der Waals surface area contributed by atoms with E-state index in [2.05, 4.69) is 52.0 Å². The van der Waals surface area contributed by atoms with Crippen molar-refractivity contribution in [3.8, 4) is 0 Å². The number of allylic oxidation sites excluding steroid dienone is 5. The Morgan fingerprint density at radius 2 is 1.94 bits per heavy atom. The monoisotopic (exact) mass is 483 g/mol. The minimum Gasteiger partial charge on any atom is -0.508 e. The van der Waals surface area contributed by atoms with Crippen LogP contribution in [0.1, 0.15) is 86.5 Å². The molecule has 5 nitrogen and oxygen atoms in total. The number of amides is 1. The van der Waals surface area contributed by atoms with Crippen LogP contribution in [0.4, 0.5) is 0 Å². The quantitative estimate of drug-likeness (QED) is 0.164. The first-order valence-electron chi connectivity index (χ1n) is 13.2. The van der Waals surface area contributed by atoms with Crippen molar-refractivity contribution in [3.63, 3.8) is 0 Å². The van der Waals surface area contributed by atoms with Gasteiger partial charge in [0, 0.05) is 25.6 Å². The highest BCUT2D eigenvalue weighted by molar-refractivity contribution is 5.91. The van der Waals surface area contributed by atoms with Gasteiger partial charge in [0.15, 0.2) is 6.10 Å². The van der Waals surface area contributed by atoms with Gasteiger partial charge in [-0.3, -0.25) is 4.79 Å². The Hall–Kier alpha value is -2.56. The summed E-state index contributed by atoms with van der Waals surface area (Å²) >= 11 is 0. The topological polar surface area (TPSA) is 66.8 Å². The Kier molecular flexibility index (Phi) is 11.6. The molecule has 2 aliphatic heterocycles. The van der Waals surface area contributed by atoms with E-state index < -0.39 is 12.1 Å². The van der Waals surface area contributed by atoms with Crippen LogP contribution in [0.5, 0.6) is 0 Å². The Balaban J connectivity index is 1.64. The molecule has 2 atom stereocenters. The number of aliphatic hydroxyl groups excluding tert-OH is 1. The first-order valence-corrected chi connectivity index (χ1v) is 13.2. The Morgan fingerprint density at radius 3 is 2.60 bits per heavy atom. The van der Waals surface area contributed by atoms with Crippen molar-refractivity contribution in [2.24, 2.45) is 11.8 Å². The van der Waals surface area contributed by atoms with Gasteiger partial charge in [0.2, 0.25) is 5.91 Å². The van der Waals surface area contributed by atoms with Crippen molar-refractivity contribution in [3.05, 3.63) is 58.4 Å². The lowest BCUT2D eigenvalue weighted by Crippen LogP contribution is -2.27. The van der Waals surface area contributed by atoms with Crippen molar-refractivity contribution < 1.29 is 19.4 Å². The lowest BCUT2D eigenvalue weighted by Gasteiger charge is -2.17. The fourth-order valence-electron chi connectivity index (χ4n) is 4.30. The van der Waals surface area contributed by atoms with Crippen LogP contribution in [0.2, 0.25) is 0 Å². The van der Waals surface area contributed by atoms with Crippen molar-refractivity contribution in [2.75, 3.05) is 13.1 Å². The highest BCUT2D eigenvalue weighted by Crippen LogP contribution is 2.25. The lowest BCUT2D eigenvalue weighted by atomic mass is 10.0. The molecule has 0 fully saturated rings. The van der Waals surface area contributed by atoms with Gasteiger partial charge in [-0.2, -0.15) is 0 Å². The fourth-order valence-corrected chi connectivity index (χ4v) is 4.30. The molecular weight excluding hydrogens is 438 g/mol. The molecule has 0 unspecified atom stereocenters. The van der Waals surface area contributed by atoms with Crippen LogP contribution < -0.4 is 0 Å². The standard InChI is InChI=1S/C30H45NO4/c1-21(2)16-17-31-20-26(19-28(31)32)15-9-13-23(4)11-7-10-22(3)12-8-14-24(5)18-27-29(33)25(6)30(34)35-27/h7,10-11,14,19,21-22,27,33H,8-9,12-13,15-18,20H2,1-6H3/t22-,27+/m1/s1. The minimum absolute atomic E-state index is 0.0678. The zero-order valence-corrected chi connectivity index (χ0v) is 22.6. The molecule has 35 heavy (non-hydrogen) atoms. The summed E-state index contributed by atoms with van der Waals surface area (Å²) in [7, 11) is 0. The smallest absolute Gasteiger partial charge is 0.338 e. The summed E-state index contributed by atoms with van der Waals surface area (Å²) in [5, 5.41) is 9.97. The van der Waals surface area contributed by atoms with Gasteiger partial charge in [0.05, 0.1) is 5.57 Å². The van der Waals surface area contributed by atoms with Crippen molar-refractivity contribution >= 4 is 11.9 Å². The maximum Gasteiger partial charge on any atom is 0.338 e. The zero-order valence-electron chi connectivity index (χ0n) is 22.6. The van der Waals surface area contributed by atoms with E-state index in [1.165, 1.54) is 11.1 Å². The minimum atomic E-state index is -0.529. The van der Waals surface area contributed by atoms with Gasteiger partial charge < -0.3 is 14.7 Å². The van der Waals surface area contributed by atoms with E-state index in [-0.39, 0.29) is 11.7 Å². The van der Waals surface area contributed by atoms with Crippen LogP contribution in [0, 0.1) is 11.8 Å². The van der Waals surface area contributed by atoms with E-state index in [9.17, 15) is 14.7 Å². The number of nitrogens with zero attached hydrogens (tertiary/aromatic N) is 1. The Morgan fingerprint density at radius 1 is 1.20 bits per heavy atom. The first-order chi connectivity index (χ1) is 16.6. The van der Waals surface area contributed by atoms with Gasteiger partial charge in [0.1, 0.15) is 5.76 Å². The van der Waals surface area contributed by atoms with Gasteiger partial charge in [-0.25, -0.2) is 4.79 Å². The van der Waals surface area contributed by atoms with Crippen LogP contribution in [0.3, 0.4) is 0 Å². The van der Waals surface area contributed by atoms with E-state index in [4.69, 9.17) is 4.74 Å². The summed E-state index contributed by atoms with van der Waals surface area (Å²) in [5.74, 6) is 0.921. The molecule has 0 aromatic rings. The molecule has 2 heterocycles. The third-order valence-electron chi connectivity index (χ3n) is 6.77. The molecule has 1 N–H and O–H groups in total. The van der Waals surface area contributed by atoms with Gasteiger partial charge >= 0.3 is 5.97 Å². The summed E-state index contributed by atoms with van der Waals surface area (Å²) in [6.45, 7) is 14.1. The number of ether oxygens (including phenoxy) is 1. The molecule has 2 rings (SSSR count). The number of cyclic esters (lactones) is 1. The molecule has 2 aliphatic rings. The molecule has 1 amide bonds. The predicted molar refractivity (Wildman–Crippen MR) is 143 cm³/mol. The second-order valence-corrected chi connectivity index (χ2v) is 10.7. The fraction of sp³-hybridized carbons (Fsp3) is 0.600. The molecule has 0 spiro atoms. The zero-order chi connectivity index (χ0) is 26.0. The van der Waals surface area contributed by atoms with Crippen LogP contribution in [0.25, 0.3) is 0 Å². The SMILES string of the molecule is CC(=CC=C[C@@H](C)CCC=C(C)C[C@@H]1OC(=O)C(C)=C1O)CCCC1=CC(=O)N(CCC(C)C)C1. The Labute approximate surface area is 212 Å². The summed E-state index contributed by atoms with van der Waals surface area (Å²) in [5.41, 5.74) is 4.07. The number of rotatable bonds is 14. The summed E-state index contributed by atoms with van der Waals surface area (Å²) in [6, 6.07) is 0. The molecule has 0 radical (unpaired) electrons.